The summed E-state index contributed by atoms with van der Waals surface area (Å²) in [5, 5.41) is 22.0. The number of anilines is 2. The minimum Gasteiger partial charge on any atom is -0.508 e. The lowest BCUT2D eigenvalue weighted by Crippen LogP contribution is -2.03. The van der Waals surface area contributed by atoms with Gasteiger partial charge in [-0.05, 0) is 24.3 Å². The van der Waals surface area contributed by atoms with Crippen LogP contribution < -0.4 is 11.1 Å². The summed E-state index contributed by atoms with van der Waals surface area (Å²) in [7, 11) is 0. The number of nitrogens with one attached hydrogen (secondary N) is 1. The van der Waals surface area contributed by atoms with Crippen molar-refractivity contribution in [1.82, 2.24) is 0 Å². The molecular weight excluding hydrogens is 216 g/mol. The van der Waals surface area contributed by atoms with Crippen LogP contribution in [0.4, 0.5) is 11.4 Å². The zero-order chi connectivity index (χ0) is 12.3. The van der Waals surface area contributed by atoms with Crippen LogP contribution in [-0.4, -0.2) is 10.2 Å². The molecule has 0 aliphatic carbocycles. The Morgan fingerprint density at radius 3 is 2.53 bits per heavy atom. The second kappa shape index (κ2) is 4.65. The number of nitrogens with two attached hydrogens (primary N) is 1. The fraction of sp³-hybridized carbons (Fsp3) is 0.0769. The Balaban J connectivity index is 2.13. The zero-order valence-corrected chi connectivity index (χ0v) is 9.22. The van der Waals surface area contributed by atoms with E-state index >= 15 is 0 Å². The Morgan fingerprint density at radius 1 is 1.06 bits per heavy atom. The Hall–Kier alpha value is -2.36. The minimum atomic E-state index is 0.164. The van der Waals surface area contributed by atoms with E-state index in [-0.39, 0.29) is 11.5 Å². The number of phenols is 2. The van der Waals surface area contributed by atoms with Gasteiger partial charge in [0.25, 0.3) is 0 Å². The van der Waals surface area contributed by atoms with Gasteiger partial charge in [0.05, 0.1) is 0 Å². The summed E-state index contributed by atoms with van der Waals surface area (Å²) in [5.41, 5.74) is 7.73. The molecule has 0 unspecified atom stereocenters. The van der Waals surface area contributed by atoms with Crippen molar-refractivity contribution >= 4 is 11.4 Å². The van der Waals surface area contributed by atoms with Gasteiger partial charge >= 0.3 is 0 Å². The van der Waals surface area contributed by atoms with E-state index in [1.54, 1.807) is 36.4 Å². The van der Waals surface area contributed by atoms with Crippen molar-refractivity contribution in [3.05, 3.63) is 48.0 Å². The first-order valence-corrected chi connectivity index (χ1v) is 5.26. The largest absolute Gasteiger partial charge is 0.508 e. The fourth-order valence-corrected chi connectivity index (χ4v) is 1.59. The van der Waals surface area contributed by atoms with Crippen LogP contribution in [0.25, 0.3) is 0 Å². The molecule has 2 aromatic rings. The number of phenolic OH excluding ortho intramolecular Hbond substituents is 2. The van der Waals surface area contributed by atoms with Gasteiger partial charge in [0.1, 0.15) is 11.5 Å². The predicted molar refractivity (Wildman–Crippen MR) is 68.0 cm³/mol. The second-order valence-electron chi connectivity index (χ2n) is 3.75. The van der Waals surface area contributed by atoms with E-state index in [9.17, 15) is 10.2 Å². The number of nitrogen functional groups attached to an aromatic ring is 1. The van der Waals surface area contributed by atoms with Crippen LogP contribution in [0.3, 0.4) is 0 Å². The minimum absolute atomic E-state index is 0.164. The molecule has 0 amide bonds. The number of rotatable bonds is 3. The first-order chi connectivity index (χ1) is 8.16. The maximum Gasteiger partial charge on any atom is 0.122 e. The molecule has 0 bridgehead atoms. The highest BCUT2D eigenvalue weighted by molar-refractivity contribution is 5.56. The fourth-order valence-electron chi connectivity index (χ4n) is 1.59. The molecule has 0 fully saturated rings. The van der Waals surface area contributed by atoms with Crippen LogP contribution in [0.5, 0.6) is 11.5 Å². The lowest BCUT2D eigenvalue weighted by molar-refractivity contribution is 0.469. The van der Waals surface area contributed by atoms with Crippen LogP contribution in [0.2, 0.25) is 0 Å². The summed E-state index contributed by atoms with van der Waals surface area (Å²) >= 11 is 0. The molecule has 2 rings (SSSR count). The maximum absolute atomic E-state index is 9.65. The molecule has 0 aliphatic heterocycles. The van der Waals surface area contributed by atoms with Gasteiger partial charge in [-0.25, -0.2) is 0 Å². The van der Waals surface area contributed by atoms with E-state index in [2.05, 4.69) is 5.32 Å². The molecule has 0 saturated carbocycles. The van der Waals surface area contributed by atoms with E-state index in [4.69, 9.17) is 5.73 Å². The Labute approximate surface area is 99.3 Å². The lowest BCUT2D eigenvalue weighted by Gasteiger charge is -2.10. The number of hydrogen-bond donors (Lipinski definition) is 4. The van der Waals surface area contributed by atoms with Crippen LogP contribution in [0, 0.1) is 0 Å². The molecule has 0 radical (unpaired) electrons. The van der Waals surface area contributed by atoms with Crippen LogP contribution in [0.1, 0.15) is 5.56 Å². The normalized spacial score (nSPS) is 10.1. The van der Waals surface area contributed by atoms with E-state index in [0.717, 1.165) is 5.69 Å². The highest BCUT2D eigenvalue weighted by Crippen LogP contribution is 2.24. The monoisotopic (exact) mass is 230 g/mol. The van der Waals surface area contributed by atoms with Crippen LogP contribution in [0.15, 0.2) is 42.5 Å². The highest BCUT2D eigenvalue weighted by Gasteiger charge is 2.04. The molecule has 0 spiro atoms. The average Bonchev–Trinajstić information content (AvgIpc) is 2.28. The van der Waals surface area contributed by atoms with E-state index in [1.807, 2.05) is 6.07 Å². The molecule has 4 nitrogen and oxygen atoms in total. The van der Waals surface area contributed by atoms with Crippen LogP contribution >= 0.6 is 0 Å². The predicted octanol–water partition coefficient (Wildman–Crippen LogP) is 2.29. The van der Waals surface area contributed by atoms with Gasteiger partial charge in [0, 0.05) is 29.5 Å². The van der Waals surface area contributed by atoms with Gasteiger partial charge in [-0.1, -0.05) is 12.1 Å². The molecule has 0 aliphatic rings. The van der Waals surface area contributed by atoms with Crippen molar-refractivity contribution in [2.45, 2.75) is 6.54 Å². The molecule has 4 heteroatoms. The van der Waals surface area contributed by atoms with Gasteiger partial charge < -0.3 is 21.3 Å². The molecule has 17 heavy (non-hydrogen) atoms. The lowest BCUT2D eigenvalue weighted by atomic mass is 10.1. The van der Waals surface area contributed by atoms with E-state index in [0.29, 0.717) is 17.8 Å². The summed E-state index contributed by atoms with van der Waals surface area (Å²) in [6.45, 7) is 0.405. The van der Waals surface area contributed by atoms with Gasteiger partial charge in [0.15, 0.2) is 0 Å². The van der Waals surface area contributed by atoms with Crippen LogP contribution in [-0.2, 0) is 6.54 Å². The summed E-state index contributed by atoms with van der Waals surface area (Å²) < 4.78 is 0. The topological polar surface area (TPSA) is 78.5 Å². The van der Waals surface area contributed by atoms with Gasteiger partial charge in [-0.3, -0.25) is 0 Å². The van der Waals surface area contributed by atoms with Crippen molar-refractivity contribution in [1.29, 1.82) is 0 Å². The molecule has 0 saturated heterocycles. The maximum atomic E-state index is 9.65. The Bertz CT molecular complexity index is 506. The Kier molecular flexibility index (Phi) is 3.05. The average molecular weight is 230 g/mol. The van der Waals surface area contributed by atoms with Crippen molar-refractivity contribution < 1.29 is 10.2 Å². The van der Waals surface area contributed by atoms with Gasteiger partial charge in [0.2, 0.25) is 0 Å². The smallest absolute Gasteiger partial charge is 0.122 e. The summed E-state index contributed by atoms with van der Waals surface area (Å²) in [4.78, 5) is 0. The number of benzene rings is 2. The first-order valence-electron chi connectivity index (χ1n) is 5.26. The van der Waals surface area contributed by atoms with E-state index in [1.165, 1.54) is 0 Å². The molecule has 5 N–H and O–H groups in total. The number of hydrogen-bond acceptors (Lipinski definition) is 4. The third-order valence-corrected chi connectivity index (χ3v) is 2.50. The molecule has 0 atom stereocenters. The molecule has 2 aromatic carbocycles. The molecule has 88 valence electrons. The zero-order valence-electron chi connectivity index (χ0n) is 9.22. The molecule has 0 aromatic heterocycles. The summed E-state index contributed by atoms with van der Waals surface area (Å²) in [6.07, 6.45) is 0. The standard InChI is InChI=1S/C13H14N2O2/c14-12-5-2-6-13(17)11(12)8-15-9-3-1-4-10(16)7-9/h1-7,15-17H,8,14H2. The first kappa shape index (κ1) is 11.1. The SMILES string of the molecule is Nc1cccc(O)c1CNc1cccc(O)c1. The summed E-state index contributed by atoms with van der Waals surface area (Å²) in [6, 6.07) is 11.8. The molecular formula is C13H14N2O2. The quantitative estimate of drug-likeness (QED) is 0.610. The summed E-state index contributed by atoms with van der Waals surface area (Å²) in [5.74, 6) is 0.359. The Morgan fingerprint density at radius 2 is 1.82 bits per heavy atom. The van der Waals surface area contributed by atoms with Crippen molar-refractivity contribution in [2.75, 3.05) is 11.1 Å². The second-order valence-corrected chi connectivity index (χ2v) is 3.75. The van der Waals surface area contributed by atoms with E-state index < -0.39 is 0 Å². The highest BCUT2D eigenvalue weighted by atomic mass is 16.3. The molecule has 0 heterocycles. The van der Waals surface area contributed by atoms with Crippen molar-refractivity contribution in [2.24, 2.45) is 0 Å². The van der Waals surface area contributed by atoms with Gasteiger partial charge in [-0.15, -0.1) is 0 Å². The van der Waals surface area contributed by atoms with Gasteiger partial charge in [-0.2, -0.15) is 0 Å². The number of aromatic hydroxyl groups is 2. The third kappa shape index (κ3) is 2.60. The van der Waals surface area contributed by atoms with Crippen molar-refractivity contribution in [3.63, 3.8) is 0 Å². The third-order valence-electron chi connectivity index (χ3n) is 2.50. The van der Waals surface area contributed by atoms with Crippen molar-refractivity contribution in [3.8, 4) is 11.5 Å².